The molecule has 0 saturated heterocycles. The van der Waals surface area contributed by atoms with Gasteiger partial charge in [-0.1, -0.05) is 30.3 Å². The van der Waals surface area contributed by atoms with Crippen molar-refractivity contribution in [3.05, 3.63) is 59.5 Å². The number of carbonyl (C=O) groups excluding carboxylic acids is 1. The molecule has 0 spiro atoms. The largest absolute Gasteiger partial charge is 0.465 e. The predicted octanol–water partition coefficient (Wildman–Crippen LogP) is 2.38. The summed E-state index contributed by atoms with van der Waals surface area (Å²) in [5.74, 6) is 1.85. The van der Waals surface area contributed by atoms with Crippen molar-refractivity contribution in [3.8, 4) is 0 Å². The van der Waals surface area contributed by atoms with E-state index in [1.54, 1.807) is 0 Å². The van der Waals surface area contributed by atoms with Crippen molar-refractivity contribution in [2.24, 2.45) is 0 Å². The monoisotopic (exact) mass is 272 g/mol. The van der Waals surface area contributed by atoms with Gasteiger partial charge >= 0.3 is 0 Å². The van der Waals surface area contributed by atoms with Crippen LogP contribution in [0.5, 0.6) is 0 Å². The van der Waals surface area contributed by atoms with E-state index in [1.807, 2.05) is 49.4 Å². The van der Waals surface area contributed by atoms with Crippen molar-refractivity contribution in [1.82, 2.24) is 10.6 Å². The summed E-state index contributed by atoms with van der Waals surface area (Å²) >= 11 is 0. The van der Waals surface area contributed by atoms with Gasteiger partial charge in [-0.3, -0.25) is 4.79 Å². The highest BCUT2D eigenvalue weighted by Gasteiger charge is 2.02. The normalized spacial score (nSPS) is 10.4. The molecule has 0 fully saturated rings. The molecule has 0 radical (unpaired) electrons. The minimum absolute atomic E-state index is 0.0528. The number of amides is 1. The van der Waals surface area contributed by atoms with E-state index in [4.69, 9.17) is 4.42 Å². The molecule has 4 heteroatoms. The zero-order valence-corrected chi connectivity index (χ0v) is 11.7. The van der Waals surface area contributed by atoms with Crippen LogP contribution in [0.1, 0.15) is 23.5 Å². The summed E-state index contributed by atoms with van der Waals surface area (Å²) in [4.78, 5) is 11.7. The lowest BCUT2D eigenvalue weighted by Gasteiger charge is -2.06. The Morgan fingerprint density at radius 3 is 2.60 bits per heavy atom. The number of furan rings is 1. The van der Waals surface area contributed by atoms with Crippen LogP contribution in [0.15, 0.2) is 46.9 Å². The van der Waals surface area contributed by atoms with Gasteiger partial charge in [0.05, 0.1) is 6.54 Å². The first-order chi connectivity index (χ1) is 9.74. The first-order valence-electron chi connectivity index (χ1n) is 6.81. The molecule has 20 heavy (non-hydrogen) atoms. The van der Waals surface area contributed by atoms with E-state index in [0.29, 0.717) is 26.1 Å². The van der Waals surface area contributed by atoms with Crippen molar-refractivity contribution in [2.75, 3.05) is 6.54 Å². The number of hydrogen-bond donors (Lipinski definition) is 2. The Morgan fingerprint density at radius 1 is 1.10 bits per heavy atom. The van der Waals surface area contributed by atoms with Gasteiger partial charge in [-0.25, -0.2) is 0 Å². The lowest BCUT2D eigenvalue weighted by atomic mass is 10.2. The average Bonchev–Trinajstić information content (AvgIpc) is 2.88. The van der Waals surface area contributed by atoms with Crippen molar-refractivity contribution >= 4 is 5.91 Å². The molecule has 1 heterocycles. The number of aryl methyl sites for hydroxylation is 1. The van der Waals surface area contributed by atoms with E-state index in [1.165, 1.54) is 0 Å². The summed E-state index contributed by atoms with van der Waals surface area (Å²) in [6, 6.07) is 13.8. The number of nitrogens with one attached hydrogen (secondary N) is 2. The third-order valence-electron chi connectivity index (χ3n) is 2.96. The molecule has 2 N–H and O–H groups in total. The van der Waals surface area contributed by atoms with Crippen LogP contribution in [-0.2, 0) is 17.9 Å². The standard InChI is InChI=1S/C16H20N2O2/c1-13-7-8-15(20-13)12-17-10-9-16(19)18-11-14-5-3-2-4-6-14/h2-8,17H,9-12H2,1H3,(H,18,19). The van der Waals surface area contributed by atoms with Crippen LogP contribution in [0.3, 0.4) is 0 Å². The second-order valence-electron chi connectivity index (χ2n) is 4.70. The quantitative estimate of drug-likeness (QED) is 0.761. The number of benzene rings is 1. The van der Waals surface area contributed by atoms with Crippen molar-refractivity contribution < 1.29 is 9.21 Å². The molecule has 1 amide bonds. The van der Waals surface area contributed by atoms with Crippen LogP contribution in [0, 0.1) is 6.92 Å². The van der Waals surface area contributed by atoms with Gasteiger partial charge in [-0.05, 0) is 24.6 Å². The molecule has 1 aromatic carbocycles. The lowest BCUT2D eigenvalue weighted by molar-refractivity contribution is -0.121. The molecule has 0 bridgehead atoms. The fourth-order valence-electron chi connectivity index (χ4n) is 1.88. The van der Waals surface area contributed by atoms with Gasteiger partial charge in [0.25, 0.3) is 0 Å². The second-order valence-corrected chi connectivity index (χ2v) is 4.70. The van der Waals surface area contributed by atoms with E-state index < -0.39 is 0 Å². The van der Waals surface area contributed by atoms with Gasteiger partial charge < -0.3 is 15.1 Å². The minimum Gasteiger partial charge on any atom is -0.465 e. The first kappa shape index (κ1) is 14.3. The fourth-order valence-corrected chi connectivity index (χ4v) is 1.88. The molecule has 0 atom stereocenters. The Labute approximate surface area is 119 Å². The van der Waals surface area contributed by atoms with Crippen LogP contribution >= 0.6 is 0 Å². The third kappa shape index (κ3) is 4.90. The van der Waals surface area contributed by atoms with Gasteiger partial charge in [-0.15, -0.1) is 0 Å². The maximum atomic E-state index is 11.7. The van der Waals surface area contributed by atoms with E-state index in [2.05, 4.69) is 10.6 Å². The van der Waals surface area contributed by atoms with Crippen LogP contribution in [0.4, 0.5) is 0 Å². The van der Waals surface area contributed by atoms with Crippen molar-refractivity contribution in [1.29, 1.82) is 0 Å². The molecular weight excluding hydrogens is 252 g/mol. The van der Waals surface area contributed by atoms with E-state index >= 15 is 0 Å². The Morgan fingerprint density at radius 2 is 1.90 bits per heavy atom. The molecule has 4 nitrogen and oxygen atoms in total. The molecule has 106 valence electrons. The fraction of sp³-hybridized carbons (Fsp3) is 0.312. The topological polar surface area (TPSA) is 54.3 Å². The van der Waals surface area contributed by atoms with E-state index in [0.717, 1.165) is 17.1 Å². The minimum atomic E-state index is 0.0528. The van der Waals surface area contributed by atoms with E-state index in [9.17, 15) is 4.79 Å². The molecule has 0 saturated carbocycles. The molecular formula is C16H20N2O2. The maximum Gasteiger partial charge on any atom is 0.221 e. The summed E-state index contributed by atoms with van der Waals surface area (Å²) in [6.45, 7) is 3.79. The summed E-state index contributed by atoms with van der Waals surface area (Å²) in [6.07, 6.45) is 0.465. The van der Waals surface area contributed by atoms with Crippen molar-refractivity contribution in [2.45, 2.75) is 26.4 Å². The molecule has 0 aliphatic rings. The highest BCUT2D eigenvalue weighted by atomic mass is 16.3. The van der Waals surface area contributed by atoms with Gasteiger partial charge in [0, 0.05) is 19.5 Å². The molecule has 0 aliphatic carbocycles. The van der Waals surface area contributed by atoms with E-state index in [-0.39, 0.29) is 5.91 Å². The van der Waals surface area contributed by atoms with Crippen LogP contribution in [0.2, 0.25) is 0 Å². The van der Waals surface area contributed by atoms with Crippen molar-refractivity contribution in [3.63, 3.8) is 0 Å². The molecule has 1 aromatic heterocycles. The zero-order chi connectivity index (χ0) is 14.2. The van der Waals surface area contributed by atoms with Crippen LogP contribution < -0.4 is 10.6 Å². The third-order valence-corrected chi connectivity index (χ3v) is 2.96. The summed E-state index contributed by atoms with van der Waals surface area (Å²) in [7, 11) is 0. The summed E-state index contributed by atoms with van der Waals surface area (Å²) in [5, 5.41) is 6.09. The SMILES string of the molecule is Cc1ccc(CNCCC(=O)NCc2ccccc2)o1. The Hall–Kier alpha value is -2.07. The Bertz CT molecular complexity index is 534. The second kappa shape index (κ2) is 7.50. The average molecular weight is 272 g/mol. The highest BCUT2D eigenvalue weighted by Crippen LogP contribution is 2.05. The molecule has 2 rings (SSSR count). The predicted molar refractivity (Wildman–Crippen MR) is 78.1 cm³/mol. The molecule has 2 aromatic rings. The van der Waals surface area contributed by atoms with Gasteiger partial charge in [0.15, 0.2) is 0 Å². The highest BCUT2D eigenvalue weighted by molar-refractivity contribution is 5.76. The van der Waals surface area contributed by atoms with Gasteiger partial charge in [0.2, 0.25) is 5.91 Å². The lowest BCUT2D eigenvalue weighted by Crippen LogP contribution is -2.27. The molecule has 0 aliphatic heterocycles. The molecule has 0 unspecified atom stereocenters. The Kier molecular flexibility index (Phi) is 5.38. The maximum absolute atomic E-state index is 11.7. The number of hydrogen-bond acceptors (Lipinski definition) is 3. The smallest absolute Gasteiger partial charge is 0.221 e. The van der Waals surface area contributed by atoms with Crippen LogP contribution in [0.25, 0.3) is 0 Å². The summed E-state index contributed by atoms with van der Waals surface area (Å²) in [5.41, 5.74) is 1.11. The zero-order valence-electron chi connectivity index (χ0n) is 11.7. The number of rotatable bonds is 7. The van der Waals surface area contributed by atoms with Gasteiger partial charge in [-0.2, -0.15) is 0 Å². The van der Waals surface area contributed by atoms with Gasteiger partial charge in [0.1, 0.15) is 11.5 Å². The number of carbonyl (C=O) groups is 1. The Balaban J connectivity index is 1.58. The van der Waals surface area contributed by atoms with Crippen LogP contribution in [-0.4, -0.2) is 12.5 Å². The first-order valence-corrected chi connectivity index (χ1v) is 6.81. The summed E-state index contributed by atoms with van der Waals surface area (Å²) < 4.78 is 5.43.